The van der Waals surface area contributed by atoms with Gasteiger partial charge in [-0.2, -0.15) is 4.73 Å². The lowest BCUT2D eigenvalue weighted by Crippen LogP contribution is -2.18. The van der Waals surface area contributed by atoms with Crippen LogP contribution in [0.2, 0.25) is 0 Å². The minimum Gasteiger partial charge on any atom is -0.405 e. The monoisotopic (exact) mass is 271 g/mol. The molecule has 2 nitrogen and oxygen atoms in total. The molecular formula is C16H17NOS. The largest absolute Gasteiger partial charge is 0.405 e. The normalized spacial score (nSPS) is 11.8. The number of benzene rings is 1. The van der Waals surface area contributed by atoms with E-state index in [0.717, 1.165) is 18.4 Å². The fraction of sp³-hybridized carbons (Fsp3) is 0.188. The second kappa shape index (κ2) is 6.90. The summed E-state index contributed by atoms with van der Waals surface area (Å²) in [4.78, 5) is 6.00. The molecule has 1 aromatic carbocycles. The number of rotatable bonds is 6. The van der Waals surface area contributed by atoms with E-state index in [-0.39, 0.29) is 6.10 Å². The van der Waals surface area contributed by atoms with Gasteiger partial charge in [0, 0.05) is 6.20 Å². The molecule has 1 atom stereocenters. The van der Waals surface area contributed by atoms with Crippen molar-refractivity contribution in [1.82, 2.24) is 4.73 Å². The molecule has 0 N–H and O–H groups in total. The SMILES string of the molecule is C=CCCC(On1ccccc1=S)c1ccccc1. The zero-order valence-corrected chi connectivity index (χ0v) is 11.6. The third kappa shape index (κ3) is 3.80. The highest BCUT2D eigenvalue weighted by Crippen LogP contribution is 2.20. The van der Waals surface area contributed by atoms with Gasteiger partial charge in [0.1, 0.15) is 4.64 Å². The summed E-state index contributed by atoms with van der Waals surface area (Å²) in [6, 6.07) is 15.8. The Morgan fingerprint density at radius 1 is 1.16 bits per heavy atom. The van der Waals surface area contributed by atoms with E-state index in [1.54, 1.807) is 4.73 Å². The summed E-state index contributed by atoms with van der Waals surface area (Å²) in [5.41, 5.74) is 1.15. The van der Waals surface area contributed by atoms with Crippen LogP contribution in [0.1, 0.15) is 24.5 Å². The Labute approximate surface area is 118 Å². The summed E-state index contributed by atoms with van der Waals surface area (Å²) < 4.78 is 2.32. The number of pyridine rings is 1. The number of nitrogens with zero attached hydrogens (tertiary/aromatic N) is 1. The molecule has 3 heteroatoms. The minimum atomic E-state index is -0.0201. The van der Waals surface area contributed by atoms with E-state index < -0.39 is 0 Å². The van der Waals surface area contributed by atoms with Crippen molar-refractivity contribution in [3.05, 3.63) is 77.6 Å². The van der Waals surface area contributed by atoms with Gasteiger partial charge in [0.05, 0.1) is 0 Å². The molecular weight excluding hydrogens is 254 g/mol. The third-order valence-electron chi connectivity index (χ3n) is 2.83. The summed E-state index contributed by atoms with van der Waals surface area (Å²) in [7, 11) is 0. The Balaban J connectivity index is 2.21. The maximum atomic E-state index is 6.00. The van der Waals surface area contributed by atoms with Gasteiger partial charge in [-0.25, -0.2) is 0 Å². The zero-order chi connectivity index (χ0) is 13.5. The van der Waals surface area contributed by atoms with Crippen molar-refractivity contribution in [2.75, 3.05) is 0 Å². The van der Waals surface area contributed by atoms with Crippen LogP contribution in [-0.4, -0.2) is 4.73 Å². The molecule has 0 aliphatic carbocycles. The second-order valence-corrected chi connectivity index (χ2v) is 4.65. The van der Waals surface area contributed by atoms with E-state index in [1.807, 2.05) is 48.7 Å². The van der Waals surface area contributed by atoms with Gasteiger partial charge in [-0.15, -0.1) is 6.58 Å². The molecule has 0 fully saturated rings. The Morgan fingerprint density at radius 3 is 2.58 bits per heavy atom. The first-order chi connectivity index (χ1) is 9.31. The predicted octanol–water partition coefficient (Wildman–Crippen LogP) is 4.35. The molecule has 1 heterocycles. The van der Waals surface area contributed by atoms with Gasteiger partial charge in [0.2, 0.25) is 0 Å². The van der Waals surface area contributed by atoms with Gasteiger partial charge in [-0.3, -0.25) is 0 Å². The fourth-order valence-corrected chi connectivity index (χ4v) is 2.04. The first kappa shape index (κ1) is 13.6. The summed E-state index contributed by atoms with van der Waals surface area (Å²) >= 11 is 5.25. The van der Waals surface area contributed by atoms with Crippen LogP contribution in [-0.2, 0) is 0 Å². The first-order valence-electron chi connectivity index (χ1n) is 6.32. The van der Waals surface area contributed by atoms with Crippen LogP contribution in [0.15, 0.2) is 67.4 Å². The number of aromatic nitrogens is 1. The maximum Gasteiger partial charge on any atom is 0.150 e. The number of allylic oxidation sites excluding steroid dienone is 1. The molecule has 2 rings (SSSR count). The van der Waals surface area contributed by atoms with Crippen LogP contribution in [0.25, 0.3) is 0 Å². The third-order valence-corrected chi connectivity index (χ3v) is 3.15. The van der Waals surface area contributed by atoms with Gasteiger partial charge in [-0.05, 0) is 30.5 Å². The Hall–Kier alpha value is -1.87. The average molecular weight is 271 g/mol. The molecule has 0 amide bonds. The van der Waals surface area contributed by atoms with Crippen molar-refractivity contribution in [1.29, 1.82) is 0 Å². The van der Waals surface area contributed by atoms with Gasteiger partial charge < -0.3 is 4.84 Å². The van der Waals surface area contributed by atoms with Crippen LogP contribution >= 0.6 is 12.2 Å². The molecule has 0 spiro atoms. The van der Waals surface area contributed by atoms with Crippen molar-refractivity contribution in [2.45, 2.75) is 18.9 Å². The average Bonchev–Trinajstić information content (AvgIpc) is 2.46. The van der Waals surface area contributed by atoms with E-state index in [2.05, 4.69) is 18.7 Å². The predicted molar refractivity (Wildman–Crippen MR) is 80.5 cm³/mol. The number of hydrogen-bond acceptors (Lipinski definition) is 2. The van der Waals surface area contributed by atoms with Gasteiger partial charge in [0.15, 0.2) is 6.10 Å². The number of hydrogen-bond donors (Lipinski definition) is 0. The zero-order valence-electron chi connectivity index (χ0n) is 10.7. The summed E-state index contributed by atoms with van der Waals surface area (Å²) in [6.45, 7) is 3.77. The molecule has 2 aromatic rings. The summed E-state index contributed by atoms with van der Waals surface area (Å²) in [6.07, 6.45) is 5.51. The Bertz CT molecular complexity index is 577. The molecule has 0 aliphatic heterocycles. The molecule has 19 heavy (non-hydrogen) atoms. The maximum absolute atomic E-state index is 6.00. The summed E-state index contributed by atoms with van der Waals surface area (Å²) in [5, 5.41) is 0. The lowest BCUT2D eigenvalue weighted by atomic mass is 10.1. The van der Waals surface area contributed by atoms with Crippen molar-refractivity contribution >= 4 is 12.2 Å². The van der Waals surface area contributed by atoms with Crippen LogP contribution < -0.4 is 4.84 Å². The smallest absolute Gasteiger partial charge is 0.150 e. The van der Waals surface area contributed by atoms with Crippen LogP contribution in [0.5, 0.6) is 0 Å². The quantitative estimate of drug-likeness (QED) is 0.572. The van der Waals surface area contributed by atoms with Crippen LogP contribution in [0.4, 0.5) is 0 Å². The molecule has 0 saturated carbocycles. The van der Waals surface area contributed by atoms with E-state index in [1.165, 1.54) is 0 Å². The molecule has 0 radical (unpaired) electrons. The van der Waals surface area contributed by atoms with Crippen LogP contribution in [0.3, 0.4) is 0 Å². The fourth-order valence-electron chi connectivity index (χ4n) is 1.85. The van der Waals surface area contributed by atoms with Crippen molar-refractivity contribution in [2.24, 2.45) is 0 Å². The highest BCUT2D eigenvalue weighted by Gasteiger charge is 2.12. The van der Waals surface area contributed by atoms with E-state index in [9.17, 15) is 0 Å². The van der Waals surface area contributed by atoms with E-state index >= 15 is 0 Å². The molecule has 1 unspecified atom stereocenters. The lowest BCUT2D eigenvalue weighted by molar-refractivity contribution is 0.0278. The molecule has 1 aromatic heterocycles. The van der Waals surface area contributed by atoms with Gasteiger partial charge in [0.25, 0.3) is 0 Å². The molecule has 0 aliphatic rings. The highest BCUT2D eigenvalue weighted by atomic mass is 32.1. The van der Waals surface area contributed by atoms with Crippen LogP contribution in [0, 0.1) is 4.64 Å². The minimum absolute atomic E-state index is 0.0201. The van der Waals surface area contributed by atoms with Crippen molar-refractivity contribution in [3.8, 4) is 0 Å². The Kier molecular flexibility index (Phi) is 4.93. The lowest BCUT2D eigenvalue weighted by Gasteiger charge is -2.20. The van der Waals surface area contributed by atoms with Crippen molar-refractivity contribution < 1.29 is 4.84 Å². The van der Waals surface area contributed by atoms with Crippen molar-refractivity contribution in [3.63, 3.8) is 0 Å². The van der Waals surface area contributed by atoms with Gasteiger partial charge >= 0.3 is 0 Å². The van der Waals surface area contributed by atoms with E-state index in [4.69, 9.17) is 17.1 Å². The first-order valence-corrected chi connectivity index (χ1v) is 6.73. The topological polar surface area (TPSA) is 14.2 Å². The summed E-state index contributed by atoms with van der Waals surface area (Å²) in [5.74, 6) is 0. The second-order valence-electron chi connectivity index (χ2n) is 4.24. The molecule has 98 valence electrons. The highest BCUT2D eigenvalue weighted by molar-refractivity contribution is 7.71. The van der Waals surface area contributed by atoms with E-state index in [0.29, 0.717) is 4.64 Å². The molecule has 0 saturated heterocycles. The standard InChI is InChI=1S/C16H17NOS/c1-2-3-11-15(14-9-5-4-6-10-14)18-17-13-8-7-12-16(17)19/h2,4-10,12-13,15H,1,3,11H2. The molecule has 0 bridgehead atoms. The Morgan fingerprint density at radius 2 is 1.89 bits per heavy atom. The van der Waals surface area contributed by atoms with Gasteiger partial charge in [-0.1, -0.05) is 54.7 Å².